The Kier molecular flexibility index (Phi) is 4.65. The summed E-state index contributed by atoms with van der Waals surface area (Å²) in [4.78, 5) is 17.0. The van der Waals surface area contributed by atoms with Crippen molar-refractivity contribution < 1.29 is 0 Å². The predicted molar refractivity (Wildman–Crippen MR) is 168 cm³/mol. The van der Waals surface area contributed by atoms with Gasteiger partial charge in [-0.2, -0.15) is 0 Å². The van der Waals surface area contributed by atoms with Crippen LogP contribution in [0.2, 0.25) is 0 Å². The van der Waals surface area contributed by atoms with Crippen LogP contribution in [0.5, 0.6) is 0 Å². The lowest BCUT2D eigenvalue weighted by Crippen LogP contribution is -2.40. The molecule has 0 bridgehead atoms. The lowest BCUT2D eigenvalue weighted by Gasteiger charge is -2.45. The summed E-state index contributed by atoms with van der Waals surface area (Å²) < 4.78 is 1.97. The Labute approximate surface area is 241 Å². The topological polar surface area (TPSA) is 22.0 Å². The van der Waals surface area contributed by atoms with Crippen LogP contribution >= 0.6 is 11.8 Å². The molecule has 0 saturated carbocycles. The highest BCUT2D eigenvalue weighted by Crippen LogP contribution is 2.59. The van der Waals surface area contributed by atoms with Crippen molar-refractivity contribution in [2.24, 2.45) is 0 Å². The number of benzene rings is 6. The smallest absolute Gasteiger partial charge is 0.263 e. The van der Waals surface area contributed by atoms with Crippen LogP contribution in [0.1, 0.15) is 22.3 Å². The van der Waals surface area contributed by atoms with Crippen LogP contribution in [0.25, 0.3) is 38.5 Å². The maximum atomic E-state index is 14.5. The third-order valence-electron chi connectivity index (χ3n) is 8.87. The molecule has 2 aliphatic rings. The molecule has 2 nitrogen and oxygen atoms in total. The van der Waals surface area contributed by atoms with Gasteiger partial charge >= 0.3 is 0 Å². The number of hydrogen-bond donors (Lipinski definition) is 0. The van der Waals surface area contributed by atoms with Crippen LogP contribution < -0.4 is 5.56 Å². The minimum absolute atomic E-state index is 0.0219. The number of fused-ring (bicyclic) bond motifs is 10. The van der Waals surface area contributed by atoms with Crippen LogP contribution in [0.15, 0.2) is 154 Å². The Morgan fingerprint density at radius 2 is 1.12 bits per heavy atom. The third-order valence-corrected chi connectivity index (χ3v) is 10.0. The van der Waals surface area contributed by atoms with Crippen molar-refractivity contribution in [1.82, 2.24) is 4.57 Å². The molecule has 41 heavy (non-hydrogen) atoms. The van der Waals surface area contributed by atoms with Gasteiger partial charge in [0.05, 0.1) is 16.6 Å². The van der Waals surface area contributed by atoms with Gasteiger partial charge in [0.2, 0.25) is 0 Å². The van der Waals surface area contributed by atoms with E-state index < -0.39 is 5.41 Å². The van der Waals surface area contributed by atoms with Gasteiger partial charge in [0.15, 0.2) is 0 Å². The Morgan fingerprint density at radius 1 is 0.488 bits per heavy atom. The molecule has 7 aromatic rings. The first-order chi connectivity index (χ1) is 20.3. The van der Waals surface area contributed by atoms with Crippen LogP contribution in [-0.2, 0) is 5.41 Å². The second-order valence-corrected chi connectivity index (χ2v) is 11.9. The van der Waals surface area contributed by atoms with Crippen molar-refractivity contribution in [1.29, 1.82) is 0 Å². The molecule has 3 heteroatoms. The van der Waals surface area contributed by atoms with Gasteiger partial charge in [-0.05, 0) is 69.1 Å². The molecule has 9 rings (SSSR count). The standard InChI is InChI=1S/C38H23NOS/c40-37-27-22-21-25(24-11-2-1-3-12-24)23-28(27)26-13-10-17-32-36(26)39(37)33-18-7-4-14-29(33)38(32)30-15-5-8-19-34(30)41-35-20-9-6-16-31(35)38/h1-23H. The number of aromatic nitrogens is 1. The molecule has 0 N–H and O–H groups in total. The quantitative estimate of drug-likeness (QED) is 0.194. The minimum atomic E-state index is -0.550. The monoisotopic (exact) mass is 541 g/mol. The maximum Gasteiger partial charge on any atom is 0.263 e. The van der Waals surface area contributed by atoms with E-state index in [1.54, 1.807) is 0 Å². The lowest BCUT2D eigenvalue weighted by atomic mass is 9.62. The van der Waals surface area contributed by atoms with Crippen LogP contribution in [0, 0.1) is 0 Å². The summed E-state index contributed by atoms with van der Waals surface area (Å²) in [5, 5.41) is 2.82. The fraction of sp³-hybridized carbons (Fsp3) is 0.0263. The first-order valence-corrected chi connectivity index (χ1v) is 14.7. The van der Waals surface area contributed by atoms with Gasteiger partial charge in [-0.25, -0.2) is 0 Å². The normalized spacial score (nSPS) is 14.0. The van der Waals surface area contributed by atoms with Crippen LogP contribution in [0.4, 0.5) is 0 Å². The van der Waals surface area contributed by atoms with Gasteiger partial charge in [-0.1, -0.05) is 121 Å². The van der Waals surface area contributed by atoms with Crippen molar-refractivity contribution in [3.63, 3.8) is 0 Å². The summed E-state index contributed by atoms with van der Waals surface area (Å²) in [6, 6.07) is 49.3. The van der Waals surface area contributed by atoms with Crippen molar-refractivity contribution in [2.45, 2.75) is 15.2 Å². The van der Waals surface area contributed by atoms with Gasteiger partial charge in [0, 0.05) is 20.6 Å². The molecule has 0 unspecified atom stereocenters. The van der Waals surface area contributed by atoms with E-state index in [2.05, 4.69) is 127 Å². The molecule has 0 amide bonds. The number of rotatable bonds is 1. The number of pyridine rings is 1. The molecular formula is C38H23NOS. The zero-order valence-corrected chi connectivity index (χ0v) is 22.9. The Balaban J connectivity index is 1.51. The molecule has 0 fully saturated rings. The lowest BCUT2D eigenvalue weighted by molar-refractivity contribution is 0.684. The van der Waals surface area contributed by atoms with E-state index in [1.165, 1.54) is 20.9 Å². The van der Waals surface area contributed by atoms with Crippen molar-refractivity contribution in [2.75, 3.05) is 0 Å². The summed E-state index contributed by atoms with van der Waals surface area (Å²) >= 11 is 1.83. The van der Waals surface area contributed by atoms with E-state index in [1.807, 2.05) is 28.5 Å². The minimum Gasteiger partial charge on any atom is -0.276 e. The van der Waals surface area contributed by atoms with Crippen LogP contribution in [-0.4, -0.2) is 4.57 Å². The molecule has 0 aliphatic carbocycles. The fourth-order valence-corrected chi connectivity index (χ4v) is 8.42. The van der Waals surface area contributed by atoms with Gasteiger partial charge in [0.25, 0.3) is 5.56 Å². The summed E-state index contributed by atoms with van der Waals surface area (Å²) in [7, 11) is 0. The summed E-state index contributed by atoms with van der Waals surface area (Å²) in [5.74, 6) is 0. The first-order valence-electron chi connectivity index (χ1n) is 13.9. The summed E-state index contributed by atoms with van der Waals surface area (Å²) in [5.41, 5.74) is 8.49. The predicted octanol–water partition coefficient (Wildman–Crippen LogP) is 8.97. The van der Waals surface area contributed by atoms with E-state index in [0.29, 0.717) is 0 Å². The van der Waals surface area contributed by atoms with E-state index in [9.17, 15) is 4.79 Å². The molecule has 3 heterocycles. The Hall–Kier alpha value is -4.86. The molecule has 6 aromatic carbocycles. The average molecular weight is 542 g/mol. The SMILES string of the molecule is O=c1c2ccc(-c3ccccc3)cc2c2cccc3c2n1-c1ccccc1C31c2ccccc2Sc2ccccc21. The zero-order valence-electron chi connectivity index (χ0n) is 22.0. The fourth-order valence-electron chi connectivity index (χ4n) is 7.23. The van der Waals surface area contributed by atoms with Gasteiger partial charge in [-0.15, -0.1) is 0 Å². The maximum absolute atomic E-state index is 14.5. The molecule has 192 valence electrons. The molecule has 0 atom stereocenters. The Bertz CT molecular complexity index is 2220. The van der Waals surface area contributed by atoms with Gasteiger partial charge < -0.3 is 0 Å². The van der Waals surface area contributed by atoms with Crippen LogP contribution in [0.3, 0.4) is 0 Å². The summed E-state index contributed by atoms with van der Waals surface area (Å²) in [6.07, 6.45) is 0. The second kappa shape index (κ2) is 8.33. The average Bonchev–Trinajstić information content (AvgIpc) is 3.04. The van der Waals surface area contributed by atoms with E-state index in [-0.39, 0.29) is 5.56 Å². The Morgan fingerprint density at radius 3 is 1.88 bits per heavy atom. The number of nitrogens with zero attached hydrogens (tertiary/aromatic N) is 1. The summed E-state index contributed by atoms with van der Waals surface area (Å²) in [6.45, 7) is 0. The highest BCUT2D eigenvalue weighted by atomic mass is 32.2. The molecule has 0 saturated heterocycles. The van der Waals surface area contributed by atoms with Crippen molar-refractivity contribution in [3.8, 4) is 16.8 Å². The molecule has 2 aliphatic heterocycles. The number of hydrogen-bond acceptors (Lipinski definition) is 2. The molecule has 0 radical (unpaired) electrons. The highest BCUT2D eigenvalue weighted by Gasteiger charge is 2.49. The number of para-hydroxylation sites is 2. The van der Waals surface area contributed by atoms with Gasteiger partial charge in [-0.3, -0.25) is 9.36 Å². The van der Waals surface area contributed by atoms with Crippen molar-refractivity contribution in [3.05, 3.63) is 172 Å². The van der Waals surface area contributed by atoms with Gasteiger partial charge in [0.1, 0.15) is 0 Å². The molecular weight excluding hydrogens is 518 g/mol. The second-order valence-electron chi connectivity index (χ2n) is 10.8. The zero-order chi connectivity index (χ0) is 27.1. The van der Waals surface area contributed by atoms with Crippen molar-refractivity contribution >= 4 is 33.4 Å². The first kappa shape index (κ1) is 22.9. The van der Waals surface area contributed by atoms with E-state index >= 15 is 0 Å². The third kappa shape index (κ3) is 2.91. The van der Waals surface area contributed by atoms with E-state index in [0.717, 1.165) is 49.6 Å². The van der Waals surface area contributed by atoms with E-state index in [4.69, 9.17) is 0 Å². The highest BCUT2D eigenvalue weighted by molar-refractivity contribution is 7.99. The molecule has 1 aromatic heterocycles. The molecule has 1 spiro atoms. The largest absolute Gasteiger partial charge is 0.276 e.